The van der Waals surface area contributed by atoms with Crippen molar-refractivity contribution in [1.82, 2.24) is 5.32 Å². The molecule has 0 aliphatic rings. The van der Waals surface area contributed by atoms with Gasteiger partial charge in [-0.05, 0) is 34.0 Å². The van der Waals surface area contributed by atoms with Crippen LogP contribution in [0, 0.1) is 16.0 Å². The summed E-state index contributed by atoms with van der Waals surface area (Å²) in [5, 5.41) is 22.4. The number of halogens is 1. The van der Waals surface area contributed by atoms with Crippen molar-refractivity contribution in [3.05, 3.63) is 38.3 Å². The van der Waals surface area contributed by atoms with Gasteiger partial charge in [0.05, 0.1) is 9.40 Å². The number of nitro benzene ring substituents is 1. The zero-order valence-corrected chi connectivity index (χ0v) is 13.1. The molecular weight excluding hydrogens is 344 g/mol. The van der Waals surface area contributed by atoms with E-state index in [1.54, 1.807) is 6.92 Å². The smallest absolute Gasteiger partial charge is 0.326 e. The van der Waals surface area contributed by atoms with Crippen LogP contribution in [-0.2, 0) is 4.79 Å². The summed E-state index contributed by atoms with van der Waals surface area (Å²) in [5.41, 5.74) is -0.211. The van der Waals surface area contributed by atoms with Crippen molar-refractivity contribution in [3.63, 3.8) is 0 Å². The van der Waals surface area contributed by atoms with Gasteiger partial charge in [0, 0.05) is 11.6 Å². The quantitative estimate of drug-likeness (QED) is 0.599. The standard InChI is InChI=1S/C13H15BrN2O5/c1-3-7(2)11(13(18)19)15-12(17)8-4-5-9(14)10(6-8)16(20)21/h4-7,11H,3H2,1-2H3,(H,15,17)(H,18,19)/t7?,11-/m0/s1. The third-order valence-corrected chi connectivity index (χ3v) is 3.84. The highest BCUT2D eigenvalue weighted by molar-refractivity contribution is 9.10. The maximum atomic E-state index is 12.1. The third-order valence-electron chi connectivity index (χ3n) is 3.17. The molecule has 1 amide bonds. The van der Waals surface area contributed by atoms with Crippen LogP contribution >= 0.6 is 15.9 Å². The number of benzene rings is 1. The van der Waals surface area contributed by atoms with Crippen molar-refractivity contribution < 1.29 is 19.6 Å². The summed E-state index contributed by atoms with van der Waals surface area (Å²) in [7, 11) is 0. The number of carbonyl (C=O) groups is 2. The number of carboxylic acids is 1. The Morgan fingerprint density at radius 3 is 2.57 bits per heavy atom. The molecule has 7 nitrogen and oxygen atoms in total. The fourth-order valence-corrected chi connectivity index (χ4v) is 2.09. The summed E-state index contributed by atoms with van der Waals surface area (Å²) < 4.78 is 0.251. The number of amides is 1. The van der Waals surface area contributed by atoms with Gasteiger partial charge in [0.1, 0.15) is 6.04 Å². The first-order valence-corrected chi connectivity index (χ1v) is 7.04. The molecule has 1 rings (SSSR count). The summed E-state index contributed by atoms with van der Waals surface area (Å²) in [6, 6.07) is 2.84. The second-order valence-corrected chi connectivity index (χ2v) is 5.45. The lowest BCUT2D eigenvalue weighted by atomic mass is 9.99. The third kappa shape index (κ3) is 4.25. The molecule has 21 heavy (non-hydrogen) atoms. The fourth-order valence-electron chi connectivity index (χ4n) is 1.70. The van der Waals surface area contributed by atoms with Gasteiger partial charge in [0.15, 0.2) is 0 Å². The van der Waals surface area contributed by atoms with E-state index in [1.165, 1.54) is 12.1 Å². The van der Waals surface area contributed by atoms with Gasteiger partial charge < -0.3 is 10.4 Å². The normalized spacial score (nSPS) is 13.3. The Hall–Kier alpha value is -1.96. The van der Waals surface area contributed by atoms with Gasteiger partial charge in [0.25, 0.3) is 11.6 Å². The summed E-state index contributed by atoms with van der Waals surface area (Å²) in [4.78, 5) is 33.4. The van der Waals surface area contributed by atoms with Crippen LogP contribution in [0.5, 0.6) is 0 Å². The predicted molar refractivity (Wildman–Crippen MR) is 79.1 cm³/mol. The monoisotopic (exact) mass is 358 g/mol. The molecule has 8 heteroatoms. The highest BCUT2D eigenvalue weighted by Gasteiger charge is 2.26. The van der Waals surface area contributed by atoms with Gasteiger partial charge >= 0.3 is 5.97 Å². The summed E-state index contributed by atoms with van der Waals surface area (Å²) in [6.07, 6.45) is 0.581. The number of hydrogen-bond donors (Lipinski definition) is 2. The van der Waals surface area contributed by atoms with Crippen molar-refractivity contribution >= 4 is 33.5 Å². The second-order valence-electron chi connectivity index (χ2n) is 4.60. The van der Waals surface area contributed by atoms with Crippen molar-refractivity contribution in [2.75, 3.05) is 0 Å². The van der Waals surface area contributed by atoms with Crippen molar-refractivity contribution in [1.29, 1.82) is 0 Å². The molecule has 0 fully saturated rings. The Labute approximate surface area is 129 Å². The number of nitrogens with zero attached hydrogens (tertiary/aromatic N) is 1. The molecule has 0 heterocycles. The molecule has 0 aromatic heterocycles. The fraction of sp³-hybridized carbons (Fsp3) is 0.385. The van der Waals surface area contributed by atoms with Crippen molar-refractivity contribution in [2.45, 2.75) is 26.3 Å². The van der Waals surface area contributed by atoms with Crippen LogP contribution in [0.25, 0.3) is 0 Å². The first kappa shape index (κ1) is 17.1. The summed E-state index contributed by atoms with van der Waals surface area (Å²) >= 11 is 3.02. The van der Waals surface area contributed by atoms with E-state index in [-0.39, 0.29) is 21.6 Å². The number of aliphatic carboxylic acids is 1. The number of carbonyl (C=O) groups excluding carboxylic acids is 1. The van der Waals surface area contributed by atoms with Gasteiger partial charge in [0.2, 0.25) is 0 Å². The van der Waals surface area contributed by atoms with Gasteiger partial charge in [-0.1, -0.05) is 20.3 Å². The lowest BCUT2D eigenvalue weighted by Crippen LogP contribution is -2.45. The topological polar surface area (TPSA) is 110 Å². The van der Waals surface area contributed by atoms with E-state index in [0.29, 0.717) is 6.42 Å². The molecule has 0 bridgehead atoms. The van der Waals surface area contributed by atoms with Gasteiger partial charge in [-0.3, -0.25) is 14.9 Å². The number of rotatable bonds is 6. The summed E-state index contributed by atoms with van der Waals surface area (Å²) in [6.45, 7) is 3.53. The number of nitrogens with one attached hydrogen (secondary N) is 1. The largest absolute Gasteiger partial charge is 0.480 e. The highest BCUT2D eigenvalue weighted by atomic mass is 79.9. The Morgan fingerprint density at radius 2 is 2.10 bits per heavy atom. The second kappa shape index (κ2) is 7.16. The van der Waals surface area contributed by atoms with E-state index in [1.807, 2.05) is 6.92 Å². The average molecular weight is 359 g/mol. The van der Waals surface area contributed by atoms with E-state index in [0.717, 1.165) is 6.07 Å². The SMILES string of the molecule is CCC(C)[C@H](NC(=O)c1ccc(Br)c([N+](=O)[O-])c1)C(=O)O. The number of carboxylic acid groups (broad SMARTS) is 1. The van der Waals surface area contributed by atoms with Crippen LogP contribution in [0.2, 0.25) is 0 Å². The van der Waals surface area contributed by atoms with Crippen LogP contribution in [0.1, 0.15) is 30.6 Å². The Kier molecular flexibility index (Phi) is 5.83. The maximum Gasteiger partial charge on any atom is 0.326 e. The number of nitro groups is 1. The molecule has 114 valence electrons. The molecule has 2 N–H and O–H groups in total. The Bertz CT molecular complexity index is 576. The van der Waals surface area contributed by atoms with Gasteiger partial charge in [-0.2, -0.15) is 0 Å². The van der Waals surface area contributed by atoms with Crippen molar-refractivity contribution in [2.24, 2.45) is 5.92 Å². The lowest BCUT2D eigenvalue weighted by Gasteiger charge is -2.20. The minimum atomic E-state index is -1.13. The first-order chi connectivity index (χ1) is 9.77. The van der Waals surface area contributed by atoms with E-state index >= 15 is 0 Å². The summed E-state index contributed by atoms with van der Waals surface area (Å²) in [5.74, 6) is -2.04. The minimum absolute atomic E-state index is 0.0412. The molecular formula is C13H15BrN2O5. The molecule has 0 aliphatic heterocycles. The minimum Gasteiger partial charge on any atom is -0.480 e. The molecule has 1 unspecified atom stereocenters. The van der Waals surface area contributed by atoms with Crippen LogP contribution in [0.3, 0.4) is 0 Å². The van der Waals surface area contributed by atoms with Crippen LogP contribution < -0.4 is 5.32 Å². The average Bonchev–Trinajstić information content (AvgIpc) is 2.43. The van der Waals surface area contributed by atoms with Crippen LogP contribution in [-0.4, -0.2) is 27.9 Å². The molecule has 1 aromatic carbocycles. The zero-order valence-electron chi connectivity index (χ0n) is 11.5. The molecule has 0 saturated heterocycles. The molecule has 2 atom stereocenters. The Balaban J connectivity index is 3.00. The van der Waals surface area contributed by atoms with Gasteiger partial charge in [-0.25, -0.2) is 4.79 Å². The first-order valence-electron chi connectivity index (χ1n) is 6.25. The molecule has 0 aliphatic carbocycles. The van der Waals surface area contributed by atoms with E-state index in [4.69, 9.17) is 5.11 Å². The molecule has 0 radical (unpaired) electrons. The number of hydrogen-bond acceptors (Lipinski definition) is 4. The van der Waals surface area contributed by atoms with Crippen LogP contribution in [0.4, 0.5) is 5.69 Å². The van der Waals surface area contributed by atoms with E-state index in [9.17, 15) is 19.7 Å². The van der Waals surface area contributed by atoms with E-state index < -0.39 is 22.8 Å². The predicted octanol–water partition coefficient (Wildman–Crippen LogP) is 2.59. The van der Waals surface area contributed by atoms with Crippen molar-refractivity contribution in [3.8, 4) is 0 Å². The molecule has 0 saturated carbocycles. The Morgan fingerprint density at radius 1 is 1.48 bits per heavy atom. The zero-order chi connectivity index (χ0) is 16.2. The maximum absolute atomic E-state index is 12.1. The highest BCUT2D eigenvalue weighted by Crippen LogP contribution is 2.25. The van der Waals surface area contributed by atoms with E-state index in [2.05, 4.69) is 21.2 Å². The molecule has 1 aromatic rings. The van der Waals surface area contributed by atoms with Crippen LogP contribution in [0.15, 0.2) is 22.7 Å². The lowest BCUT2D eigenvalue weighted by molar-refractivity contribution is -0.385. The van der Waals surface area contributed by atoms with Gasteiger partial charge in [-0.15, -0.1) is 0 Å². The molecule has 0 spiro atoms.